The molecule has 3 aromatic rings. The molecule has 1 saturated heterocycles. The van der Waals surface area contributed by atoms with Crippen LogP contribution in [0.2, 0.25) is 0 Å². The zero-order chi connectivity index (χ0) is 27.0. The van der Waals surface area contributed by atoms with Crippen LogP contribution in [0.3, 0.4) is 0 Å². The molecule has 4 rings (SSSR count). The molecule has 0 unspecified atom stereocenters. The molecule has 202 valence electrons. The molecule has 1 aliphatic heterocycles. The molecule has 0 radical (unpaired) electrons. The minimum Gasteiger partial charge on any atom is -0.493 e. The van der Waals surface area contributed by atoms with Crippen molar-refractivity contribution in [3.63, 3.8) is 0 Å². The number of carboxylic acid groups (broad SMARTS) is 1. The van der Waals surface area contributed by atoms with Crippen LogP contribution in [0, 0.1) is 0 Å². The Morgan fingerprint density at radius 2 is 1.82 bits per heavy atom. The average Bonchev–Trinajstić information content (AvgIpc) is 3.42. The van der Waals surface area contributed by atoms with E-state index in [1.54, 1.807) is 36.0 Å². The van der Waals surface area contributed by atoms with Gasteiger partial charge in [0.15, 0.2) is 0 Å². The normalized spacial score (nSPS) is 15.9. The lowest BCUT2D eigenvalue weighted by molar-refractivity contribution is -0.140. The zero-order valence-corrected chi connectivity index (χ0v) is 23.0. The number of sulfonamides is 1. The molecule has 0 saturated carbocycles. The van der Waals surface area contributed by atoms with E-state index in [9.17, 15) is 18.3 Å². The topological polar surface area (TPSA) is 93.1 Å². The number of nitrogens with zero attached hydrogens (tertiary/aromatic N) is 1. The van der Waals surface area contributed by atoms with Crippen LogP contribution in [-0.4, -0.2) is 48.7 Å². The Hall–Kier alpha value is -3.01. The van der Waals surface area contributed by atoms with Crippen molar-refractivity contribution in [1.82, 2.24) is 4.31 Å². The molecule has 0 aromatic heterocycles. The summed E-state index contributed by atoms with van der Waals surface area (Å²) in [5, 5.41) is 9.33. The van der Waals surface area contributed by atoms with Crippen LogP contribution in [0.4, 0.5) is 0 Å². The van der Waals surface area contributed by atoms with Crippen LogP contribution in [-0.2, 0) is 21.2 Å². The molecule has 0 spiro atoms. The molecule has 7 nitrogen and oxygen atoms in total. The van der Waals surface area contributed by atoms with Crippen LogP contribution < -0.4 is 9.47 Å². The van der Waals surface area contributed by atoms with E-state index >= 15 is 0 Å². The van der Waals surface area contributed by atoms with Gasteiger partial charge in [-0.3, -0.25) is 4.79 Å². The van der Waals surface area contributed by atoms with E-state index in [0.717, 1.165) is 57.0 Å². The molecular weight excluding hydrogens is 522 g/mol. The molecule has 38 heavy (non-hydrogen) atoms. The number of rotatable bonds is 13. The fourth-order valence-electron chi connectivity index (χ4n) is 4.40. The lowest BCUT2D eigenvalue weighted by atomic mass is 10.1. The molecular formula is C29H33NO6S2. The van der Waals surface area contributed by atoms with Crippen molar-refractivity contribution < 1.29 is 27.8 Å². The van der Waals surface area contributed by atoms with Crippen molar-refractivity contribution in [2.45, 2.75) is 54.9 Å². The maximum atomic E-state index is 12.9. The third kappa shape index (κ3) is 7.09. The van der Waals surface area contributed by atoms with Gasteiger partial charge in [0.2, 0.25) is 10.0 Å². The van der Waals surface area contributed by atoms with E-state index in [1.165, 1.54) is 0 Å². The number of ether oxygens (including phenoxy) is 2. The van der Waals surface area contributed by atoms with Crippen molar-refractivity contribution in [2.24, 2.45) is 0 Å². The van der Waals surface area contributed by atoms with Crippen LogP contribution >= 0.6 is 11.8 Å². The van der Waals surface area contributed by atoms with Crippen molar-refractivity contribution in [1.29, 1.82) is 0 Å². The second-order valence-electron chi connectivity index (χ2n) is 9.07. The lowest BCUT2D eigenvalue weighted by Gasteiger charge is -2.21. The van der Waals surface area contributed by atoms with E-state index in [4.69, 9.17) is 9.47 Å². The van der Waals surface area contributed by atoms with E-state index in [0.29, 0.717) is 19.4 Å². The summed E-state index contributed by atoms with van der Waals surface area (Å²) in [4.78, 5) is 12.5. The quantitative estimate of drug-likeness (QED) is 0.197. The summed E-state index contributed by atoms with van der Waals surface area (Å²) in [7, 11) is -3.82. The van der Waals surface area contributed by atoms with Gasteiger partial charge in [-0.2, -0.15) is 4.31 Å². The highest BCUT2D eigenvalue weighted by atomic mass is 32.2. The molecule has 1 N–H and O–H groups in total. The summed E-state index contributed by atoms with van der Waals surface area (Å²) in [5.74, 6) is 2.17. The standard InChI is InChI=1S/C29H33NO6S2/c1-2-8-22-21-24(36-23-9-4-3-5-10-23)12-17-28(22)35-19-7-20-37-25-13-15-26(16-14-25)38(33,34)30-18-6-11-27(30)29(31)32/h3-5,9-10,12-17,21,27H,2,6-8,11,18-20H2,1H3,(H,31,32)/t27-/m1/s1. The van der Waals surface area contributed by atoms with Crippen molar-refractivity contribution in [2.75, 3.05) is 18.9 Å². The number of aryl methyl sites for hydroxylation is 1. The number of thioether (sulfide) groups is 1. The summed E-state index contributed by atoms with van der Waals surface area (Å²) < 4.78 is 39.0. The van der Waals surface area contributed by atoms with Gasteiger partial charge >= 0.3 is 5.97 Å². The van der Waals surface area contributed by atoms with Crippen LogP contribution in [0.5, 0.6) is 17.2 Å². The fourth-order valence-corrected chi connectivity index (χ4v) is 6.88. The third-order valence-electron chi connectivity index (χ3n) is 6.26. The Kier molecular flexibility index (Phi) is 9.71. The number of benzene rings is 3. The number of hydrogen-bond donors (Lipinski definition) is 1. The van der Waals surface area contributed by atoms with Gasteiger partial charge in [0.25, 0.3) is 0 Å². The number of carboxylic acids is 1. The van der Waals surface area contributed by atoms with Gasteiger partial charge in [0.05, 0.1) is 11.5 Å². The van der Waals surface area contributed by atoms with Crippen LogP contribution in [0.25, 0.3) is 0 Å². The van der Waals surface area contributed by atoms with E-state index < -0.39 is 22.0 Å². The summed E-state index contributed by atoms with van der Waals surface area (Å²) in [5.41, 5.74) is 1.12. The molecule has 1 fully saturated rings. The molecule has 1 atom stereocenters. The average molecular weight is 556 g/mol. The highest BCUT2D eigenvalue weighted by molar-refractivity contribution is 7.99. The summed E-state index contributed by atoms with van der Waals surface area (Å²) in [6.07, 6.45) is 3.62. The largest absolute Gasteiger partial charge is 0.493 e. The van der Waals surface area contributed by atoms with Crippen LogP contribution in [0.15, 0.2) is 82.6 Å². The van der Waals surface area contributed by atoms with Gasteiger partial charge in [-0.25, -0.2) is 8.42 Å². The Labute approximate surface area is 228 Å². The maximum Gasteiger partial charge on any atom is 0.322 e. The van der Waals surface area contributed by atoms with Gasteiger partial charge in [0.1, 0.15) is 23.3 Å². The SMILES string of the molecule is CCCc1cc(Oc2ccccc2)ccc1OCCCSc1ccc(S(=O)(=O)N2CCC[C@@H]2C(=O)O)cc1. The van der Waals surface area contributed by atoms with Crippen molar-refractivity contribution in [3.8, 4) is 17.2 Å². The number of para-hydroxylation sites is 1. The highest BCUT2D eigenvalue weighted by Gasteiger charge is 2.39. The first kappa shape index (κ1) is 28.0. The first-order valence-electron chi connectivity index (χ1n) is 12.8. The molecule has 0 bridgehead atoms. The van der Waals surface area contributed by atoms with Crippen molar-refractivity contribution in [3.05, 3.63) is 78.4 Å². The predicted octanol–water partition coefficient (Wildman–Crippen LogP) is 6.23. The Balaban J connectivity index is 1.27. The second kappa shape index (κ2) is 13.2. The molecule has 9 heteroatoms. The van der Waals surface area contributed by atoms with Crippen molar-refractivity contribution >= 4 is 27.8 Å². The predicted molar refractivity (Wildman–Crippen MR) is 149 cm³/mol. The van der Waals surface area contributed by atoms with E-state index in [2.05, 4.69) is 6.92 Å². The molecule has 3 aromatic carbocycles. The first-order valence-corrected chi connectivity index (χ1v) is 15.3. The monoisotopic (exact) mass is 555 g/mol. The summed E-state index contributed by atoms with van der Waals surface area (Å²) in [6.45, 7) is 2.94. The van der Waals surface area contributed by atoms with E-state index in [-0.39, 0.29) is 11.4 Å². The van der Waals surface area contributed by atoms with Gasteiger partial charge in [-0.1, -0.05) is 31.5 Å². The van der Waals surface area contributed by atoms with E-state index in [1.807, 2.05) is 48.5 Å². The smallest absolute Gasteiger partial charge is 0.322 e. The third-order valence-corrected chi connectivity index (χ3v) is 9.28. The lowest BCUT2D eigenvalue weighted by Crippen LogP contribution is -2.40. The van der Waals surface area contributed by atoms with Gasteiger partial charge in [-0.05, 0) is 85.8 Å². The number of hydrogen-bond acceptors (Lipinski definition) is 6. The zero-order valence-electron chi connectivity index (χ0n) is 21.4. The Morgan fingerprint density at radius 3 is 2.53 bits per heavy atom. The molecule has 0 aliphatic carbocycles. The number of carbonyl (C=O) groups is 1. The van der Waals surface area contributed by atoms with Gasteiger partial charge in [-0.15, -0.1) is 11.8 Å². The number of aliphatic carboxylic acids is 1. The first-order chi connectivity index (χ1) is 18.4. The highest BCUT2D eigenvalue weighted by Crippen LogP contribution is 2.30. The molecule has 1 aliphatic rings. The Morgan fingerprint density at radius 1 is 1.05 bits per heavy atom. The molecule has 0 amide bonds. The van der Waals surface area contributed by atoms with Gasteiger partial charge in [0, 0.05) is 17.2 Å². The fraction of sp³-hybridized carbons (Fsp3) is 0.345. The minimum absolute atomic E-state index is 0.126. The second-order valence-corrected chi connectivity index (χ2v) is 12.1. The minimum atomic E-state index is -3.82. The Bertz CT molecular complexity index is 1310. The van der Waals surface area contributed by atoms with Gasteiger partial charge < -0.3 is 14.6 Å². The summed E-state index contributed by atoms with van der Waals surface area (Å²) in [6, 6.07) is 21.3. The molecule has 1 heterocycles. The van der Waals surface area contributed by atoms with Crippen LogP contribution in [0.1, 0.15) is 38.2 Å². The maximum absolute atomic E-state index is 12.9. The summed E-state index contributed by atoms with van der Waals surface area (Å²) >= 11 is 1.63.